The summed E-state index contributed by atoms with van der Waals surface area (Å²) < 4.78 is 53.7. The molecule has 8 aromatic rings. The van der Waals surface area contributed by atoms with E-state index in [1.54, 1.807) is 9.80 Å². The van der Waals surface area contributed by atoms with Crippen LogP contribution in [0.2, 0.25) is 0 Å². The summed E-state index contributed by atoms with van der Waals surface area (Å²) in [4.78, 5) is 33.8. The van der Waals surface area contributed by atoms with E-state index in [0.29, 0.717) is 26.1 Å². The highest BCUT2D eigenvalue weighted by atomic mass is 16.6. The number of carbonyl (C=O) groups is 2. The molecule has 0 aliphatic carbocycles. The molecule has 0 N–H and O–H groups in total. The summed E-state index contributed by atoms with van der Waals surface area (Å²) >= 11 is 0. The molecule has 84 heavy (non-hydrogen) atoms. The van der Waals surface area contributed by atoms with Gasteiger partial charge >= 0.3 is 12.2 Å². The van der Waals surface area contributed by atoms with E-state index in [0.717, 1.165) is 44.5 Å². The molecule has 2 fully saturated rings. The molecule has 2 saturated heterocycles. The molecule has 12 nitrogen and oxygen atoms in total. The van der Waals surface area contributed by atoms with E-state index in [-0.39, 0.29) is 52.9 Å². The molecule has 432 valence electrons. The van der Waals surface area contributed by atoms with Crippen LogP contribution in [0.3, 0.4) is 0 Å². The van der Waals surface area contributed by atoms with Gasteiger partial charge in [0.1, 0.15) is 37.6 Å². The predicted octanol–water partition coefficient (Wildman–Crippen LogP) is 13.9. The van der Waals surface area contributed by atoms with Crippen molar-refractivity contribution in [3.63, 3.8) is 0 Å². The zero-order valence-corrected chi connectivity index (χ0v) is 47.3. The quantitative estimate of drug-likeness (QED) is 0.0439. The van der Waals surface area contributed by atoms with Crippen LogP contribution in [-0.4, -0.2) is 83.8 Å². The van der Waals surface area contributed by atoms with Crippen LogP contribution < -0.4 is 0 Å². The first-order valence-corrected chi connectivity index (χ1v) is 29.0. The molecule has 2 aliphatic heterocycles. The molecule has 0 spiro atoms. The first-order chi connectivity index (χ1) is 41.5. The number of nitrogens with zero attached hydrogens (tertiary/aromatic N) is 2. The van der Waals surface area contributed by atoms with Gasteiger partial charge in [-0.05, 0) is 57.3 Å². The number of hydrogen-bond acceptors (Lipinski definition) is 10. The maximum atomic E-state index is 15.1. The molecular weight excluding hydrogens is 1050 g/mol. The van der Waals surface area contributed by atoms with Gasteiger partial charge in [-0.15, -0.1) is 0 Å². The third-order valence-corrected chi connectivity index (χ3v) is 15.3. The molecule has 12 heteroatoms. The van der Waals surface area contributed by atoms with Crippen LogP contribution in [0.5, 0.6) is 0 Å². The fraction of sp³-hybridized carbons (Fsp3) is 0.278. The third-order valence-electron chi connectivity index (χ3n) is 15.3. The fourth-order valence-corrected chi connectivity index (χ4v) is 11.1. The summed E-state index contributed by atoms with van der Waals surface area (Å²) in [5, 5.41) is 0. The second kappa shape index (κ2) is 31.5. The summed E-state index contributed by atoms with van der Waals surface area (Å²) in [6.45, 7) is 2.12. The highest BCUT2D eigenvalue weighted by Crippen LogP contribution is 2.38. The van der Waals surface area contributed by atoms with E-state index in [2.05, 4.69) is 12.2 Å². The van der Waals surface area contributed by atoms with Gasteiger partial charge in [-0.2, -0.15) is 0 Å². The van der Waals surface area contributed by atoms with Crippen molar-refractivity contribution in [1.82, 2.24) is 9.80 Å². The van der Waals surface area contributed by atoms with Gasteiger partial charge in [-0.1, -0.05) is 255 Å². The van der Waals surface area contributed by atoms with Gasteiger partial charge in [-0.3, -0.25) is 9.80 Å². The molecule has 0 aromatic heterocycles. The number of rotatable bonds is 28. The number of carbonyl (C=O) groups excluding carboxylic acids is 2. The molecule has 0 bridgehead atoms. The summed E-state index contributed by atoms with van der Waals surface area (Å²) in [7, 11) is 0. The molecule has 8 atom stereocenters. The zero-order chi connectivity index (χ0) is 57.4. The Bertz CT molecular complexity index is 2970. The van der Waals surface area contributed by atoms with Gasteiger partial charge in [-0.25, -0.2) is 9.59 Å². The summed E-state index contributed by atoms with van der Waals surface area (Å²) in [6, 6.07) is 76.9. The van der Waals surface area contributed by atoms with Gasteiger partial charge in [0.25, 0.3) is 0 Å². The predicted molar refractivity (Wildman–Crippen MR) is 323 cm³/mol. The first-order valence-electron chi connectivity index (χ1n) is 29.0. The number of ether oxygens (including phenoxy) is 8. The smallest absolute Gasteiger partial charge is 0.410 e. The maximum absolute atomic E-state index is 15.1. The Morgan fingerprint density at radius 3 is 0.750 bits per heavy atom. The van der Waals surface area contributed by atoms with Gasteiger partial charge in [0, 0.05) is 0 Å². The molecule has 2 amide bonds. The van der Waals surface area contributed by atoms with Crippen molar-refractivity contribution >= 4 is 12.2 Å². The summed E-state index contributed by atoms with van der Waals surface area (Å²) in [6.07, 6.45) is 1.20. The van der Waals surface area contributed by atoms with Crippen LogP contribution in [0.4, 0.5) is 9.59 Å². The lowest BCUT2D eigenvalue weighted by atomic mass is 10.0. The molecule has 2 heterocycles. The highest BCUT2D eigenvalue weighted by Gasteiger charge is 2.54. The van der Waals surface area contributed by atoms with E-state index in [1.807, 2.05) is 243 Å². The second-order valence-electron chi connectivity index (χ2n) is 21.2. The zero-order valence-electron chi connectivity index (χ0n) is 47.3. The topological polar surface area (TPSA) is 114 Å². The Morgan fingerprint density at radius 1 is 0.286 bits per heavy atom. The second-order valence-corrected chi connectivity index (χ2v) is 21.2. The highest BCUT2D eigenvalue weighted by molar-refractivity contribution is 5.70. The van der Waals surface area contributed by atoms with Crippen molar-refractivity contribution in [2.75, 3.05) is 13.2 Å². The normalized spacial score (nSPS) is 20.3. The largest absolute Gasteiger partial charge is 0.445 e. The number of benzene rings is 8. The van der Waals surface area contributed by atoms with Gasteiger partial charge < -0.3 is 37.9 Å². The molecule has 8 aromatic carbocycles. The molecule has 10 rings (SSSR count). The molecule has 2 aliphatic rings. The Kier molecular flexibility index (Phi) is 22.1. The van der Waals surface area contributed by atoms with Crippen LogP contribution in [0, 0.1) is 0 Å². The molecular formula is C72H74N2O10. The standard InChI is InChI=1S/C72H74N2O10/c75-71(83-51-61-39-21-7-22-40-61)73-63(67(79-47-57-31-13-3-14-32-57)69(81-49-59-35-17-5-18-36-59)65(73)53-77-45-55-27-9-1-10-28-55)43-25-26-44-64-68(80-48-58-33-15-4-16-34-58)70(82-50-60-37-19-6-20-38-60)66(54-78-46-56-29-11-2-12-30-56)74(64)72(76)84-52-62-41-23-8-24-42-62/h1-42,63-70H,43-54H2/b26-25+/t63-,64-,65-,66-,67-,68-,69-,70-/m1/s1. The van der Waals surface area contributed by atoms with Crippen LogP contribution in [-0.2, 0) is 90.7 Å². The van der Waals surface area contributed by atoms with Crippen LogP contribution in [0.25, 0.3) is 0 Å². The first kappa shape index (κ1) is 59.0. The van der Waals surface area contributed by atoms with Gasteiger partial charge in [0.05, 0.1) is 77.0 Å². The summed E-state index contributed by atoms with van der Waals surface area (Å²) in [5.74, 6) is 0. The van der Waals surface area contributed by atoms with Gasteiger partial charge in [0.15, 0.2) is 0 Å². The average molecular weight is 1130 g/mol. The van der Waals surface area contributed by atoms with Crippen molar-refractivity contribution in [3.05, 3.63) is 299 Å². The van der Waals surface area contributed by atoms with E-state index in [1.165, 1.54) is 0 Å². The van der Waals surface area contributed by atoms with Crippen molar-refractivity contribution in [1.29, 1.82) is 0 Å². The van der Waals surface area contributed by atoms with Crippen molar-refractivity contribution < 1.29 is 47.5 Å². The minimum atomic E-state index is -0.646. The molecule has 0 saturated carbocycles. The Balaban J connectivity index is 1.00. The lowest BCUT2D eigenvalue weighted by Gasteiger charge is -2.31. The third kappa shape index (κ3) is 16.8. The average Bonchev–Trinajstić information content (AvgIpc) is 3.66. The van der Waals surface area contributed by atoms with Crippen LogP contribution >= 0.6 is 0 Å². The fourth-order valence-electron chi connectivity index (χ4n) is 11.1. The van der Waals surface area contributed by atoms with Crippen molar-refractivity contribution in [2.24, 2.45) is 0 Å². The van der Waals surface area contributed by atoms with Crippen molar-refractivity contribution in [2.45, 2.75) is 114 Å². The summed E-state index contributed by atoms with van der Waals surface area (Å²) in [5.41, 5.74) is 7.62. The van der Waals surface area contributed by atoms with E-state index in [4.69, 9.17) is 37.9 Å². The van der Waals surface area contributed by atoms with Crippen LogP contribution in [0.15, 0.2) is 255 Å². The van der Waals surface area contributed by atoms with Crippen molar-refractivity contribution in [3.8, 4) is 0 Å². The lowest BCUT2D eigenvalue weighted by molar-refractivity contribution is -0.0863. The Hall–Kier alpha value is -8.20. The molecule has 0 radical (unpaired) electrons. The minimum absolute atomic E-state index is 0.0629. The van der Waals surface area contributed by atoms with Gasteiger partial charge in [0.2, 0.25) is 0 Å². The molecule has 0 unspecified atom stereocenters. The number of amides is 2. The Morgan fingerprint density at radius 2 is 0.500 bits per heavy atom. The Labute approximate surface area is 494 Å². The van der Waals surface area contributed by atoms with E-state index >= 15 is 9.59 Å². The number of hydrogen-bond donors (Lipinski definition) is 0. The lowest BCUT2D eigenvalue weighted by Crippen LogP contribution is -2.46. The maximum Gasteiger partial charge on any atom is 0.410 e. The monoisotopic (exact) mass is 1130 g/mol. The van der Waals surface area contributed by atoms with E-state index < -0.39 is 60.8 Å². The minimum Gasteiger partial charge on any atom is -0.445 e. The SMILES string of the molecule is O=C(OCc1ccccc1)N1[C@H](C/C=C/C[C@@H]2[C@@H](OCc3ccccc3)[C@H](OCc3ccccc3)[C@@H](COCc3ccccc3)N2C(=O)OCc2ccccc2)[C@@H](OCc2ccccc2)[C@H](OCc2ccccc2)[C@H]1COCc1ccccc1. The van der Waals surface area contributed by atoms with E-state index in [9.17, 15) is 0 Å². The number of likely N-dealkylation sites (tertiary alicyclic amines) is 2. The van der Waals surface area contributed by atoms with Crippen LogP contribution in [0.1, 0.15) is 57.3 Å².